The molecule has 0 aromatic carbocycles. The van der Waals surface area contributed by atoms with Gasteiger partial charge in [-0.25, -0.2) is 4.79 Å². The van der Waals surface area contributed by atoms with Crippen LogP contribution in [0.2, 0.25) is 10.3 Å². The van der Waals surface area contributed by atoms with E-state index in [9.17, 15) is 4.79 Å². The first kappa shape index (κ1) is 9.02. The smallest absolute Gasteiger partial charge is 0.316 e. The third-order valence-corrected chi connectivity index (χ3v) is 1.44. The molecule has 0 saturated heterocycles. The average Bonchev–Trinajstić information content (AvgIpc) is 1.96. The maximum absolute atomic E-state index is 10.4. The van der Waals surface area contributed by atoms with Crippen molar-refractivity contribution in [2.75, 3.05) is 5.32 Å². The van der Waals surface area contributed by atoms with Crippen LogP contribution < -0.4 is 11.1 Å². The third-order valence-electron chi connectivity index (χ3n) is 0.977. The average molecular weight is 207 g/mol. The van der Waals surface area contributed by atoms with Crippen LogP contribution in [0.5, 0.6) is 0 Å². The zero-order valence-electron chi connectivity index (χ0n) is 5.71. The first-order valence-electron chi connectivity index (χ1n) is 2.85. The summed E-state index contributed by atoms with van der Waals surface area (Å²) in [5, 5.41) is 9.28. The molecule has 0 unspecified atom stereocenters. The number of rotatable bonds is 1. The van der Waals surface area contributed by atoms with E-state index < -0.39 is 6.03 Å². The summed E-state index contributed by atoms with van der Waals surface area (Å²) in [6.45, 7) is 0. The van der Waals surface area contributed by atoms with E-state index in [1.54, 1.807) is 0 Å². The topological polar surface area (TPSA) is 80.9 Å². The normalized spacial score (nSPS) is 9.50. The predicted octanol–water partition coefficient (Wildman–Crippen LogP) is 1.27. The van der Waals surface area contributed by atoms with E-state index in [4.69, 9.17) is 28.9 Å². The first-order chi connectivity index (χ1) is 5.59. The molecule has 1 aromatic rings. The van der Waals surface area contributed by atoms with E-state index in [1.807, 2.05) is 0 Å². The molecule has 0 aliphatic rings. The Hall–Kier alpha value is -1.07. The van der Waals surface area contributed by atoms with Gasteiger partial charge in [-0.3, -0.25) is 0 Å². The summed E-state index contributed by atoms with van der Waals surface area (Å²) in [6.07, 6.45) is 0. The largest absolute Gasteiger partial charge is 0.351 e. The quantitative estimate of drug-likeness (QED) is 0.727. The lowest BCUT2D eigenvalue weighted by molar-refractivity contribution is 0.259. The van der Waals surface area contributed by atoms with Crippen LogP contribution in [0, 0.1) is 0 Å². The summed E-state index contributed by atoms with van der Waals surface area (Å²) in [4.78, 5) is 10.4. The minimum Gasteiger partial charge on any atom is -0.351 e. The van der Waals surface area contributed by atoms with Crippen molar-refractivity contribution in [1.29, 1.82) is 0 Å². The van der Waals surface area contributed by atoms with Gasteiger partial charge in [-0.15, -0.1) is 10.2 Å². The number of nitrogens with two attached hydrogens (primary N) is 1. The summed E-state index contributed by atoms with van der Waals surface area (Å²) in [5.41, 5.74) is 5.08. The van der Waals surface area contributed by atoms with E-state index in [2.05, 4.69) is 15.5 Å². The Labute approximate surface area is 77.9 Å². The van der Waals surface area contributed by atoms with Crippen molar-refractivity contribution in [1.82, 2.24) is 10.2 Å². The molecule has 0 aliphatic heterocycles. The number of nitrogens with one attached hydrogen (secondary N) is 1. The van der Waals surface area contributed by atoms with Gasteiger partial charge in [0.15, 0.2) is 10.3 Å². The molecule has 1 heterocycles. The number of nitrogens with zero attached hydrogens (tertiary/aromatic N) is 2. The van der Waals surface area contributed by atoms with Crippen LogP contribution in [-0.4, -0.2) is 16.2 Å². The number of hydrogen-bond acceptors (Lipinski definition) is 3. The lowest BCUT2D eigenvalue weighted by atomic mass is 10.5. The molecule has 0 spiro atoms. The molecule has 0 radical (unpaired) electrons. The number of anilines is 1. The van der Waals surface area contributed by atoms with Gasteiger partial charge in [-0.05, 0) is 0 Å². The number of carbonyl (C=O) groups is 1. The van der Waals surface area contributed by atoms with Gasteiger partial charge in [0, 0.05) is 6.07 Å². The highest BCUT2D eigenvalue weighted by Crippen LogP contribution is 2.20. The lowest BCUT2D eigenvalue weighted by Gasteiger charge is -2.01. The Kier molecular flexibility index (Phi) is 2.67. The van der Waals surface area contributed by atoms with Gasteiger partial charge < -0.3 is 11.1 Å². The van der Waals surface area contributed by atoms with Crippen molar-refractivity contribution in [2.45, 2.75) is 0 Å². The predicted molar refractivity (Wildman–Crippen MR) is 45.3 cm³/mol. The molecule has 0 bridgehead atoms. The SMILES string of the molecule is NC(=O)Nc1cc(Cl)nnc1Cl. The van der Waals surface area contributed by atoms with Crippen LogP contribution in [0.25, 0.3) is 0 Å². The molecule has 64 valence electrons. The fourth-order valence-electron chi connectivity index (χ4n) is 0.573. The van der Waals surface area contributed by atoms with Crippen LogP contribution >= 0.6 is 23.2 Å². The fourth-order valence-corrected chi connectivity index (χ4v) is 0.860. The summed E-state index contributed by atoms with van der Waals surface area (Å²) < 4.78 is 0. The van der Waals surface area contributed by atoms with Crippen LogP contribution in [0.4, 0.5) is 10.5 Å². The second kappa shape index (κ2) is 3.55. The monoisotopic (exact) mass is 206 g/mol. The standard InChI is InChI=1S/C5H4Cl2N4O/c6-3-1-2(9-5(8)12)4(7)11-10-3/h1H,(H3,8,9,10,12). The van der Waals surface area contributed by atoms with Gasteiger partial charge in [-0.1, -0.05) is 23.2 Å². The molecule has 7 heteroatoms. The van der Waals surface area contributed by atoms with Gasteiger partial charge in [-0.2, -0.15) is 0 Å². The van der Waals surface area contributed by atoms with E-state index in [1.165, 1.54) is 6.07 Å². The minimum absolute atomic E-state index is 0.0400. The van der Waals surface area contributed by atoms with Crippen LogP contribution in [0.1, 0.15) is 0 Å². The minimum atomic E-state index is -0.735. The number of halogens is 2. The van der Waals surface area contributed by atoms with Crippen molar-refractivity contribution in [3.8, 4) is 0 Å². The van der Waals surface area contributed by atoms with Crippen molar-refractivity contribution in [3.05, 3.63) is 16.4 Å². The zero-order valence-corrected chi connectivity index (χ0v) is 7.23. The fraction of sp³-hybridized carbons (Fsp3) is 0. The molecular weight excluding hydrogens is 203 g/mol. The van der Waals surface area contributed by atoms with E-state index in [0.29, 0.717) is 0 Å². The molecule has 0 saturated carbocycles. The van der Waals surface area contributed by atoms with Crippen molar-refractivity contribution in [3.63, 3.8) is 0 Å². The third kappa shape index (κ3) is 2.21. The molecule has 5 nitrogen and oxygen atoms in total. The molecule has 2 amide bonds. The number of amides is 2. The Morgan fingerprint density at radius 1 is 1.50 bits per heavy atom. The molecule has 12 heavy (non-hydrogen) atoms. The number of urea groups is 1. The van der Waals surface area contributed by atoms with E-state index in [-0.39, 0.29) is 16.0 Å². The van der Waals surface area contributed by atoms with Crippen molar-refractivity contribution < 1.29 is 4.79 Å². The summed E-state index contributed by atoms with van der Waals surface area (Å²) in [5.74, 6) is 0. The second-order valence-electron chi connectivity index (χ2n) is 1.86. The van der Waals surface area contributed by atoms with Gasteiger partial charge in [0.05, 0.1) is 5.69 Å². The molecule has 3 N–H and O–H groups in total. The number of aromatic nitrogens is 2. The van der Waals surface area contributed by atoms with E-state index in [0.717, 1.165) is 0 Å². The van der Waals surface area contributed by atoms with Crippen molar-refractivity contribution >= 4 is 34.9 Å². The number of primary amides is 1. The molecule has 1 rings (SSSR count). The highest BCUT2D eigenvalue weighted by Gasteiger charge is 2.04. The zero-order chi connectivity index (χ0) is 9.14. The summed E-state index contributed by atoms with van der Waals surface area (Å²) >= 11 is 11.0. The van der Waals surface area contributed by atoms with Crippen LogP contribution in [-0.2, 0) is 0 Å². The van der Waals surface area contributed by atoms with Crippen LogP contribution in [0.15, 0.2) is 6.07 Å². The molecule has 0 aliphatic carbocycles. The second-order valence-corrected chi connectivity index (χ2v) is 2.61. The molecular formula is C5H4Cl2N4O. The molecule has 0 atom stereocenters. The number of carbonyl (C=O) groups excluding carboxylic acids is 1. The highest BCUT2D eigenvalue weighted by atomic mass is 35.5. The Morgan fingerprint density at radius 3 is 2.75 bits per heavy atom. The van der Waals surface area contributed by atoms with Gasteiger partial charge in [0.25, 0.3) is 0 Å². The molecule has 0 fully saturated rings. The van der Waals surface area contributed by atoms with Crippen LogP contribution in [0.3, 0.4) is 0 Å². The van der Waals surface area contributed by atoms with E-state index >= 15 is 0 Å². The summed E-state index contributed by atoms with van der Waals surface area (Å²) in [7, 11) is 0. The number of hydrogen-bond donors (Lipinski definition) is 2. The van der Waals surface area contributed by atoms with Gasteiger partial charge in [0.2, 0.25) is 0 Å². The highest BCUT2D eigenvalue weighted by molar-refractivity contribution is 6.33. The first-order valence-corrected chi connectivity index (χ1v) is 3.60. The lowest BCUT2D eigenvalue weighted by Crippen LogP contribution is -2.19. The maximum atomic E-state index is 10.4. The summed E-state index contributed by atoms with van der Waals surface area (Å²) in [6, 6.07) is 0.614. The van der Waals surface area contributed by atoms with Gasteiger partial charge >= 0.3 is 6.03 Å². The van der Waals surface area contributed by atoms with Crippen molar-refractivity contribution in [2.24, 2.45) is 5.73 Å². The Balaban J connectivity index is 2.97. The maximum Gasteiger partial charge on any atom is 0.316 e. The van der Waals surface area contributed by atoms with Gasteiger partial charge in [0.1, 0.15) is 0 Å². The Bertz CT molecular complexity index is 316. The Morgan fingerprint density at radius 2 is 2.17 bits per heavy atom. The molecule has 1 aromatic heterocycles.